The van der Waals surface area contributed by atoms with E-state index in [2.05, 4.69) is 4.90 Å². The number of fused-ring (bicyclic) bond motifs is 2. The van der Waals surface area contributed by atoms with Crippen molar-refractivity contribution in [1.82, 2.24) is 9.47 Å². The van der Waals surface area contributed by atoms with Crippen LogP contribution in [0.25, 0.3) is 10.9 Å². The number of aromatic carboxylic acids is 1. The van der Waals surface area contributed by atoms with Crippen LogP contribution in [-0.2, 0) is 0 Å². The molecule has 0 radical (unpaired) electrons. The minimum atomic E-state index is -1.44. The molecular formula is C19H20F2N4O3. The van der Waals surface area contributed by atoms with E-state index in [1.54, 1.807) is 4.90 Å². The smallest absolute Gasteiger partial charge is 0.341 e. The van der Waals surface area contributed by atoms with Gasteiger partial charge in [-0.1, -0.05) is 0 Å². The van der Waals surface area contributed by atoms with E-state index in [0.29, 0.717) is 13.1 Å². The molecule has 28 heavy (non-hydrogen) atoms. The lowest BCUT2D eigenvalue weighted by Crippen LogP contribution is -2.33. The molecule has 3 unspecified atom stereocenters. The maximum absolute atomic E-state index is 15.6. The highest BCUT2D eigenvalue weighted by molar-refractivity contribution is 5.99. The zero-order valence-corrected chi connectivity index (χ0v) is 15.5. The van der Waals surface area contributed by atoms with Crippen LogP contribution in [0, 0.1) is 11.6 Å². The van der Waals surface area contributed by atoms with Crippen molar-refractivity contribution in [2.45, 2.75) is 37.4 Å². The molecule has 1 aliphatic carbocycles. The number of aromatic nitrogens is 1. The molecule has 3 N–H and O–H groups in total. The fourth-order valence-corrected chi connectivity index (χ4v) is 4.68. The van der Waals surface area contributed by atoms with Gasteiger partial charge in [0.1, 0.15) is 11.3 Å². The summed E-state index contributed by atoms with van der Waals surface area (Å²) in [6, 6.07) is 0.0901. The monoisotopic (exact) mass is 390 g/mol. The molecule has 0 amide bonds. The van der Waals surface area contributed by atoms with Crippen molar-refractivity contribution in [3.05, 3.63) is 33.6 Å². The highest BCUT2D eigenvalue weighted by atomic mass is 19.1. The molecule has 0 spiro atoms. The molecule has 0 bridgehead atoms. The number of likely N-dealkylation sites (N-methyl/N-ethyl adjacent to an activating group) is 1. The highest BCUT2D eigenvalue weighted by Gasteiger charge is 2.62. The number of hydrogen-bond donors (Lipinski definition) is 2. The topological polar surface area (TPSA) is 91.6 Å². The van der Waals surface area contributed by atoms with Crippen LogP contribution in [0.15, 0.2) is 11.0 Å². The van der Waals surface area contributed by atoms with Crippen LogP contribution < -0.4 is 16.1 Å². The van der Waals surface area contributed by atoms with Crippen molar-refractivity contribution in [2.24, 2.45) is 0 Å². The lowest BCUT2D eigenvalue weighted by molar-refractivity contribution is 0.0695. The van der Waals surface area contributed by atoms with Crippen LogP contribution in [0.2, 0.25) is 0 Å². The van der Waals surface area contributed by atoms with Crippen LogP contribution >= 0.6 is 0 Å². The van der Waals surface area contributed by atoms with E-state index < -0.39 is 39.7 Å². The van der Waals surface area contributed by atoms with Gasteiger partial charge in [0, 0.05) is 31.4 Å². The Hall–Kier alpha value is -2.68. The van der Waals surface area contributed by atoms with E-state index in [-0.39, 0.29) is 28.8 Å². The molecule has 2 aromatic rings. The summed E-state index contributed by atoms with van der Waals surface area (Å²) in [4.78, 5) is 27.9. The number of carboxylic acids is 1. The van der Waals surface area contributed by atoms with Crippen molar-refractivity contribution in [1.29, 1.82) is 0 Å². The molecule has 7 nitrogen and oxygen atoms in total. The normalized spacial score (nSPS) is 28.6. The number of piperazine rings is 1. The molecule has 2 aliphatic heterocycles. The molecule has 3 fully saturated rings. The Bertz CT molecular complexity index is 1130. The van der Waals surface area contributed by atoms with Gasteiger partial charge in [0.15, 0.2) is 11.6 Å². The van der Waals surface area contributed by atoms with Gasteiger partial charge in [0.05, 0.1) is 22.1 Å². The first-order valence-electron chi connectivity index (χ1n) is 9.23. The van der Waals surface area contributed by atoms with E-state index in [0.717, 1.165) is 19.0 Å². The van der Waals surface area contributed by atoms with Gasteiger partial charge in [-0.2, -0.15) is 0 Å². The number of pyridine rings is 1. The molecule has 3 atom stereocenters. The third kappa shape index (κ3) is 2.05. The van der Waals surface area contributed by atoms with E-state index in [4.69, 9.17) is 5.73 Å². The van der Waals surface area contributed by atoms with Gasteiger partial charge < -0.3 is 20.3 Å². The summed E-state index contributed by atoms with van der Waals surface area (Å²) in [6.07, 6.45) is 2.63. The van der Waals surface area contributed by atoms with Gasteiger partial charge in [-0.15, -0.1) is 0 Å². The number of benzene rings is 1. The molecule has 2 saturated heterocycles. The standard InChI is InChI=1S/C19H20F2N4O3/c1-19-7-24(6-10(19)23(19)2)16-12(20)14(22)11-15(13(16)21)25(8-3-4-8)5-9(17(11)26)18(27)28/h5,8,10H,3-4,6-7,22H2,1-2H3,(H,27,28). The van der Waals surface area contributed by atoms with Gasteiger partial charge >= 0.3 is 5.97 Å². The lowest BCUT2D eigenvalue weighted by Gasteiger charge is -2.27. The number of anilines is 2. The maximum Gasteiger partial charge on any atom is 0.341 e. The Balaban J connectivity index is 1.79. The largest absolute Gasteiger partial charge is 0.477 e. The van der Waals surface area contributed by atoms with Gasteiger partial charge in [-0.05, 0) is 26.8 Å². The molecule has 1 aromatic heterocycles. The molecule has 1 aromatic carbocycles. The summed E-state index contributed by atoms with van der Waals surface area (Å²) in [5.41, 5.74) is 3.48. The first-order valence-corrected chi connectivity index (χ1v) is 9.23. The zero-order valence-electron chi connectivity index (χ0n) is 15.5. The van der Waals surface area contributed by atoms with E-state index in [9.17, 15) is 14.7 Å². The Kier molecular flexibility index (Phi) is 3.25. The van der Waals surface area contributed by atoms with Crippen molar-refractivity contribution in [3.63, 3.8) is 0 Å². The number of hydrogen-bond acceptors (Lipinski definition) is 5. The molecule has 3 heterocycles. The van der Waals surface area contributed by atoms with Gasteiger partial charge in [-0.3, -0.25) is 9.69 Å². The number of carbonyl (C=O) groups is 1. The van der Waals surface area contributed by atoms with Crippen LogP contribution in [0.3, 0.4) is 0 Å². The number of nitrogen functional groups attached to an aromatic ring is 1. The fourth-order valence-electron chi connectivity index (χ4n) is 4.68. The molecule has 5 rings (SSSR count). The van der Waals surface area contributed by atoms with Crippen LogP contribution in [0.5, 0.6) is 0 Å². The zero-order chi connectivity index (χ0) is 20.1. The number of rotatable bonds is 3. The fraction of sp³-hybridized carbons (Fsp3) is 0.474. The minimum absolute atomic E-state index is 0.106. The number of nitrogens with zero attached hydrogens (tertiary/aromatic N) is 3. The Morgan fingerprint density at radius 2 is 2.00 bits per heavy atom. The number of carboxylic acid groups (broad SMARTS) is 1. The maximum atomic E-state index is 15.6. The third-order valence-corrected chi connectivity index (χ3v) is 6.68. The Morgan fingerprint density at radius 3 is 2.54 bits per heavy atom. The summed E-state index contributed by atoms with van der Waals surface area (Å²) < 4.78 is 32.2. The van der Waals surface area contributed by atoms with Crippen LogP contribution in [0.4, 0.5) is 20.2 Å². The summed E-state index contributed by atoms with van der Waals surface area (Å²) >= 11 is 0. The predicted octanol–water partition coefficient (Wildman–Crippen LogP) is 1.79. The average Bonchev–Trinajstić information content (AvgIpc) is 3.51. The first kappa shape index (κ1) is 17.4. The Labute approximate surface area is 158 Å². The van der Waals surface area contributed by atoms with Crippen LogP contribution in [0.1, 0.15) is 36.2 Å². The van der Waals surface area contributed by atoms with Crippen molar-refractivity contribution < 1.29 is 18.7 Å². The van der Waals surface area contributed by atoms with Crippen LogP contribution in [-0.4, -0.2) is 52.3 Å². The van der Waals surface area contributed by atoms with Gasteiger partial charge in [-0.25, -0.2) is 13.6 Å². The second-order valence-electron chi connectivity index (χ2n) is 8.29. The quantitative estimate of drug-likeness (QED) is 0.613. The number of nitrogens with two attached hydrogens (primary N) is 1. The molecule has 9 heteroatoms. The van der Waals surface area contributed by atoms with Gasteiger partial charge in [0.25, 0.3) is 0 Å². The molecular weight excluding hydrogens is 370 g/mol. The summed E-state index contributed by atoms with van der Waals surface area (Å²) in [5, 5.41) is 8.95. The van der Waals surface area contributed by atoms with Crippen molar-refractivity contribution in [3.8, 4) is 0 Å². The van der Waals surface area contributed by atoms with Crippen molar-refractivity contribution in [2.75, 3.05) is 30.8 Å². The lowest BCUT2D eigenvalue weighted by atomic mass is 10.1. The number of halogens is 2. The summed E-state index contributed by atoms with van der Waals surface area (Å²) in [6.45, 7) is 2.96. The van der Waals surface area contributed by atoms with E-state index >= 15 is 8.78 Å². The third-order valence-electron chi connectivity index (χ3n) is 6.68. The van der Waals surface area contributed by atoms with Gasteiger partial charge in [0.2, 0.25) is 5.43 Å². The highest BCUT2D eigenvalue weighted by Crippen LogP contribution is 2.49. The second-order valence-corrected chi connectivity index (χ2v) is 8.29. The van der Waals surface area contributed by atoms with Crippen molar-refractivity contribution >= 4 is 28.2 Å². The minimum Gasteiger partial charge on any atom is -0.477 e. The molecule has 148 valence electrons. The van der Waals surface area contributed by atoms with E-state index in [1.807, 2.05) is 14.0 Å². The summed E-state index contributed by atoms with van der Waals surface area (Å²) in [5.74, 6) is -3.30. The first-order chi connectivity index (χ1) is 13.2. The second kappa shape index (κ2) is 5.22. The predicted molar refractivity (Wildman–Crippen MR) is 99.9 cm³/mol. The Morgan fingerprint density at radius 1 is 1.32 bits per heavy atom. The van der Waals surface area contributed by atoms with E-state index in [1.165, 1.54) is 4.57 Å². The average molecular weight is 390 g/mol. The summed E-state index contributed by atoms with van der Waals surface area (Å²) in [7, 11) is 1.97. The molecule has 3 aliphatic rings. The molecule has 1 saturated carbocycles. The SMILES string of the molecule is CN1C2CN(c3c(F)c(N)c4c(=O)c(C(=O)O)cn(C5CC5)c4c3F)CC21C.